The first-order valence-corrected chi connectivity index (χ1v) is 9.73. The van der Waals surface area contributed by atoms with Gasteiger partial charge in [0.25, 0.3) is 0 Å². The predicted octanol–water partition coefficient (Wildman–Crippen LogP) is 4.61. The van der Waals surface area contributed by atoms with Gasteiger partial charge in [-0.1, -0.05) is 35.6 Å². The molecule has 3 rings (SSSR count). The molecule has 0 fully saturated rings. The fourth-order valence-corrected chi connectivity index (χ4v) is 3.85. The summed E-state index contributed by atoms with van der Waals surface area (Å²) in [4.78, 5) is 21.2. The Hall–Kier alpha value is -2.02. The summed E-state index contributed by atoms with van der Waals surface area (Å²) in [6.45, 7) is 5.32. The number of halogens is 2. The minimum Gasteiger partial charge on any atom is -0.308 e. The van der Waals surface area contributed by atoms with Gasteiger partial charge in [0.2, 0.25) is 5.91 Å². The molecule has 0 aliphatic carbocycles. The van der Waals surface area contributed by atoms with Crippen LogP contribution in [0.5, 0.6) is 0 Å². The van der Waals surface area contributed by atoms with Gasteiger partial charge in [-0.25, -0.2) is 9.37 Å². The molecule has 0 saturated carbocycles. The van der Waals surface area contributed by atoms with Crippen LogP contribution in [0.25, 0.3) is 10.2 Å². The van der Waals surface area contributed by atoms with Crippen molar-refractivity contribution < 1.29 is 9.18 Å². The molecule has 150 valence electrons. The molecule has 0 spiro atoms. The number of hydrogen-bond donors (Lipinski definition) is 0. The SMILES string of the molecule is Cc1ccc(CC(=O)N(CCN(C)C)c2nc3c(F)cccc3s2)cc1C.Cl. The number of carbonyl (C=O) groups excluding carboxylic acids is 1. The molecule has 28 heavy (non-hydrogen) atoms. The van der Waals surface area contributed by atoms with Gasteiger partial charge < -0.3 is 4.90 Å². The number of fused-ring (bicyclic) bond motifs is 1. The molecule has 0 unspecified atom stereocenters. The molecule has 0 aliphatic rings. The maximum Gasteiger partial charge on any atom is 0.233 e. The summed E-state index contributed by atoms with van der Waals surface area (Å²) in [5, 5.41) is 0.547. The van der Waals surface area contributed by atoms with Crippen molar-refractivity contribution in [2.24, 2.45) is 0 Å². The molecule has 0 atom stereocenters. The van der Waals surface area contributed by atoms with E-state index in [-0.39, 0.29) is 24.1 Å². The first kappa shape index (κ1) is 22.3. The van der Waals surface area contributed by atoms with Crippen molar-refractivity contribution in [2.75, 3.05) is 32.1 Å². The highest BCUT2D eigenvalue weighted by Crippen LogP contribution is 2.30. The standard InChI is InChI=1S/C21H24FN3OS.ClH/c1-14-8-9-16(12-15(14)2)13-19(26)25(11-10-24(3)4)21-23-20-17(22)6-5-7-18(20)27-21;/h5-9,12H,10-11,13H2,1-4H3;1H. The Morgan fingerprint density at radius 2 is 1.86 bits per heavy atom. The molecule has 1 aromatic heterocycles. The second-order valence-electron chi connectivity index (χ2n) is 7.03. The normalized spacial score (nSPS) is 10.9. The van der Waals surface area contributed by atoms with Gasteiger partial charge >= 0.3 is 0 Å². The van der Waals surface area contributed by atoms with Crippen molar-refractivity contribution in [1.29, 1.82) is 0 Å². The maximum absolute atomic E-state index is 14.0. The maximum atomic E-state index is 14.0. The summed E-state index contributed by atoms with van der Waals surface area (Å²) in [5.74, 6) is -0.385. The van der Waals surface area contributed by atoms with Crippen molar-refractivity contribution in [2.45, 2.75) is 20.3 Å². The number of thiazole rings is 1. The smallest absolute Gasteiger partial charge is 0.233 e. The fraction of sp³-hybridized carbons (Fsp3) is 0.333. The van der Waals surface area contributed by atoms with Crippen LogP contribution in [-0.2, 0) is 11.2 Å². The summed E-state index contributed by atoms with van der Waals surface area (Å²) in [6, 6.07) is 11.0. The Morgan fingerprint density at radius 1 is 1.11 bits per heavy atom. The second kappa shape index (κ2) is 9.45. The predicted molar refractivity (Wildman–Crippen MR) is 117 cm³/mol. The van der Waals surface area contributed by atoms with Gasteiger partial charge in [0.1, 0.15) is 11.3 Å². The van der Waals surface area contributed by atoms with E-state index in [9.17, 15) is 9.18 Å². The van der Waals surface area contributed by atoms with Crippen LogP contribution in [-0.4, -0.2) is 43.0 Å². The average Bonchev–Trinajstić information content (AvgIpc) is 3.03. The van der Waals surface area contributed by atoms with Crippen LogP contribution in [0.4, 0.5) is 9.52 Å². The van der Waals surface area contributed by atoms with Crippen molar-refractivity contribution in [3.05, 3.63) is 58.9 Å². The van der Waals surface area contributed by atoms with E-state index in [2.05, 4.69) is 18.0 Å². The van der Waals surface area contributed by atoms with Crippen LogP contribution >= 0.6 is 23.7 Å². The molecule has 0 radical (unpaired) electrons. The number of anilines is 1. The lowest BCUT2D eigenvalue weighted by Gasteiger charge is -2.22. The Morgan fingerprint density at radius 3 is 2.50 bits per heavy atom. The molecule has 0 aliphatic heterocycles. The molecule has 1 heterocycles. The quantitative estimate of drug-likeness (QED) is 0.583. The highest BCUT2D eigenvalue weighted by Gasteiger charge is 2.21. The number of rotatable bonds is 6. The first-order valence-electron chi connectivity index (χ1n) is 8.91. The minimum atomic E-state index is -0.357. The van der Waals surface area contributed by atoms with Crippen molar-refractivity contribution >= 4 is 45.0 Å². The van der Waals surface area contributed by atoms with E-state index in [1.54, 1.807) is 11.0 Å². The third-order valence-corrected chi connectivity index (χ3v) is 5.63. The number of aryl methyl sites for hydroxylation is 2. The number of amides is 1. The van der Waals surface area contributed by atoms with Crippen molar-refractivity contribution in [3.8, 4) is 0 Å². The molecule has 2 aromatic carbocycles. The van der Waals surface area contributed by atoms with Crippen LogP contribution in [0.1, 0.15) is 16.7 Å². The highest BCUT2D eigenvalue weighted by atomic mass is 35.5. The van der Waals surface area contributed by atoms with Gasteiger partial charge in [-0.2, -0.15) is 0 Å². The van der Waals surface area contributed by atoms with Crippen molar-refractivity contribution in [3.63, 3.8) is 0 Å². The first-order chi connectivity index (χ1) is 12.8. The van der Waals surface area contributed by atoms with E-state index in [4.69, 9.17) is 0 Å². The number of benzene rings is 2. The molecule has 0 saturated heterocycles. The summed E-state index contributed by atoms with van der Waals surface area (Å²) < 4.78 is 14.8. The molecule has 0 N–H and O–H groups in total. The average molecular weight is 422 g/mol. The molecule has 7 heteroatoms. The minimum absolute atomic E-state index is 0. The summed E-state index contributed by atoms with van der Waals surface area (Å²) >= 11 is 1.35. The Labute approximate surface area is 175 Å². The zero-order chi connectivity index (χ0) is 19.6. The van der Waals surface area contributed by atoms with E-state index in [0.717, 1.165) is 10.3 Å². The van der Waals surface area contributed by atoms with Crippen LogP contribution in [0, 0.1) is 19.7 Å². The Kier molecular flexibility index (Phi) is 7.52. The van der Waals surface area contributed by atoms with Gasteiger partial charge in [-0.15, -0.1) is 12.4 Å². The third-order valence-electron chi connectivity index (χ3n) is 4.59. The van der Waals surface area contributed by atoms with Gasteiger partial charge in [-0.3, -0.25) is 9.69 Å². The topological polar surface area (TPSA) is 36.4 Å². The molecule has 0 bridgehead atoms. The summed E-state index contributed by atoms with van der Waals surface area (Å²) in [5.41, 5.74) is 3.68. The zero-order valence-corrected chi connectivity index (χ0v) is 18.2. The van der Waals surface area contributed by atoms with Gasteiger partial charge in [0, 0.05) is 13.1 Å². The zero-order valence-electron chi connectivity index (χ0n) is 16.5. The highest BCUT2D eigenvalue weighted by molar-refractivity contribution is 7.22. The molecular weight excluding hydrogens is 397 g/mol. The second-order valence-corrected chi connectivity index (χ2v) is 8.04. The Bertz CT molecular complexity index is 973. The number of carbonyl (C=O) groups is 1. The lowest BCUT2D eigenvalue weighted by Crippen LogP contribution is -2.37. The largest absolute Gasteiger partial charge is 0.308 e. The number of likely N-dealkylation sites (N-methyl/N-ethyl adjacent to an activating group) is 1. The number of para-hydroxylation sites is 1. The monoisotopic (exact) mass is 421 g/mol. The van der Waals surface area contributed by atoms with Crippen LogP contribution in [0.2, 0.25) is 0 Å². The number of hydrogen-bond acceptors (Lipinski definition) is 4. The van der Waals surface area contributed by atoms with Crippen LogP contribution in [0.15, 0.2) is 36.4 Å². The lowest BCUT2D eigenvalue weighted by atomic mass is 10.0. The van der Waals surface area contributed by atoms with Crippen LogP contribution in [0.3, 0.4) is 0 Å². The molecular formula is C21H25ClFN3OS. The van der Waals surface area contributed by atoms with Gasteiger partial charge in [0.05, 0.1) is 11.1 Å². The van der Waals surface area contributed by atoms with E-state index >= 15 is 0 Å². The Balaban J connectivity index is 0.00000280. The van der Waals surface area contributed by atoms with E-state index < -0.39 is 0 Å². The van der Waals surface area contributed by atoms with E-state index in [0.29, 0.717) is 30.2 Å². The summed E-state index contributed by atoms with van der Waals surface area (Å²) in [6.07, 6.45) is 0.299. The van der Waals surface area contributed by atoms with Crippen molar-refractivity contribution in [1.82, 2.24) is 9.88 Å². The lowest BCUT2D eigenvalue weighted by molar-refractivity contribution is -0.118. The number of nitrogens with zero attached hydrogens (tertiary/aromatic N) is 3. The van der Waals surface area contributed by atoms with E-state index in [1.807, 2.05) is 44.1 Å². The van der Waals surface area contributed by atoms with Gasteiger partial charge in [0.15, 0.2) is 5.13 Å². The van der Waals surface area contributed by atoms with Crippen LogP contribution < -0.4 is 4.90 Å². The molecule has 4 nitrogen and oxygen atoms in total. The third kappa shape index (κ3) is 5.07. The summed E-state index contributed by atoms with van der Waals surface area (Å²) in [7, 11) is 3.92. The van der Waals surface area contributed by atoms with E-state index in [1.165, 1.54) is 28.5 Å². The number of aromatic nitrogens is 1. The molecule has 3 aromatic rings. The fourth-order valence-electron chi connectivity index (χ4n) is 2.83. The molecule has 1 amide bonds. The van der Waals surface area contributed by atoms with Gasteiger partial charge in [-0.05, 0) is 56.8 Å².